The van der Waals surface area contributed by atoms with Gasteiger partial charge in [0.05, 0.1) is 13.0 Å². The number of ether oxygens (including phenoxy) is 1. The second-order valence-electron chi connectivity index (χ2n) is 11.4. The Balaban J connectivity index is 1.27. The summed E-state index contributed by atoms with van der Waals surface area (Å²) in [6, 6.07) is 11.1. The number of hydrogen-bond acceptors (Lipinski definition) is 3. The highest BCUT2D eigenvalue weighted by molar-refractivity contribution is 5.94. The van der Waals surface area contributed by atoms with Crippen molar-refractivity contribution in [2.45, 2.75) is 70.3 Å². The molecule has 0 saturated heterocycles. The van der Waals surface area contributed by atoms with Gasteiger partial charge in [-0.25, -0.2) is 4.39 Å². The average Bonchev–Trinajstić information content (AvgIpc) is 2.84. The summed E-state index contributed by atoms with van der Waals surface area (Å²) < 4.78 is 19.9. The lowest BCUT2D eigenvalue weighted by Gasteiger charge is -2.57. The first-order valence-electron chi connectivity index (χ1n) is 13.3. The van der Waals surface area contributed by atoms with Crippen molar-refractivity contribution in [3.05, 3.63) is 64.5 Å². The summed E-state index contributed by atoms with van der Waals surface area (Å²) in [6.45, 7) is 1.89. The molecule has 2 aromatic carbocycles. The summed E-state index contributed by atoms with van der Waals surface area (Å²) in [5.74, 6) is 0.402. The molecule has 192 valence electrons. The number of halogens is 1. The Morgan fingerprint density at radius 1 is 1.08 bits per heavy atom. The molecule has 0 aliphatic heterocycles. The molecule has 4 aliphatic rings. The van der Waals surface area contributed by atoms with Crippen LogP contribution in [0.25, 0.3) is 0 Å². The van der Waals surface area contributed by atoms with Crippen LogP contribution in [-0.2, 0) is 23.2 Å². The van der Waals surface area contributed by atoms with Crippen LogP contribution in [0, 0.1) is 29.5 Å². The van der Waals surface area contributed by atoms with Crippen LogP contribution in [0.2, 0.25) is 0 Å². The number of carboxylic acids is 1. The Morgan fingerprint density at radius 2 is 1.69 bits per heavy atom. The molecule has 36 heavy (non-hydrogen) atoms. The van der Waals surface area contributed by atoms with Gasteiger partial charge in [-0.2, -0.15) is 0 Å². The molecule has 0 spiro atoms. The maximum atomic E-state index is 14.7. The third kappa shape index (κ3) is 4.74. The fourth-order valence-electron chi connectivity index (χ4n) is 7.60. The summed E-state index contributed by atoms with van der Waals surface area (Å²) in [7, 11) is 1.39. The first kappa shape index (κ1) is 24.8. The third-order valence-corrected chi connectivity index (χ3v) is 8.95. The van der Waals surface area contributed by atoms with Gasteiger partial charge in [-0.05, 0) is 104 Å². The van der Waals surface area contributed by atoms with E-state index in [1.165, 1.54) is 57.3 Å². The standard InChI is InChI=1S/C30H36FNO4/c1-3-22(29(34)35)11-18-12-24(27(36-2)26(31)13-18)17-32-28(33)23-4-6-25(7-5-23)30-14-19-8-20(15-30)10-21(9-19)16-30/h4-7,12-13,19-22H,3,8-11,14-17H2,1-2H3,(H,32,33)(H,34,35). The van der Waals surface area contributed by atoms with Gasteiger partial charge in [0, 0.05) is 17.7 Å². The second kappa shape index (κ2) is 9.87. The van der Waals surface area contributed by atoms with Crippen LogP contribution in [0.1, 0.15) is 78.9 Å². The molecule has 2 N–H and O–H groups in total. The Hall–Kier alpha value is -2.89. The van der Waals surface area contributed by atoms with Crippen molar-refractivity contribution in [2.75, 3.05) is 7.11 Å². The Bertz CT molecular complexity index is 1110. The van der Waals surface area contributed by atoms with Gasteiger partial charge in [0.2, 0.25) is 0 Å². The molecular formula is C30H36FNO4. The van der Waals surface area contributed by atoms with E-state index < -0.39 is 17.7 Å². The van der Waals surface area contributed by atoms with Gasteiger partial charge in [0.15, 0.2) is 11.6 Å². The second-order valence-corrected chi connectivity index (χ2v) is 11.4. The minimum absolute atomic E-state index is 0.0691. The van der Waals surface area contributed by atoms with E-state index in [-0.39, 0.29) is 24.6 Å². The largest absolute Gasteiger partial charge is 0.493 e. The summed E-state index contributed by atoms with van der Waals surface area (Å²) in [5, 5.41) is 12.3. The van der Waals surface area contributed by atoms with Crippen LogP contribution in [-0.4, -0.2) is 24.1 Å². The molecular weight excluding hydrogens is 457 g/mol. The van der Waals surface area contributed by atoms with Gasteiger partial charge in [0.25, 0.3) is 5.91 Å². The predicted octanol–water partition coefficient (Wildman–Crippen LogP) is 5.89. The number of carboxylic acid groups (broad SMARTS) is 1. The number of amides is 1. The number of rotatable bonds is 9. The number of hydrogen-bond donors (Lipinski definition) is 2. The fraction of sp³-hybridized carbons (Fsp3) is 0.533. The smallest absolute Gasteiger partial charge is 0.306 e. The first-order chi connectivity index (χ1) is 17.3. The molecule has 6 rings (SSSR count). The molecule has 1 atom stereocenters. The fourth-order valence-corrected chi connectivity index (χ4v) is 7.60. The minimum Gasteiger partial charge on any atom is -0.493 e. The number of nitrogens with one attached hydrogen (secondary N) is 1. The summed E-state index contributed by atoms with van der Waals surface area (Å²) in [6.07, 6.45) is 8.74. The molecule has 4 aliphatic carbocycles. The molecule has 4 fully saturated rings. The lowest BCUT2D eigenvalue weighted by Crippen LogP contribution is -2.48. The third-order valence-electron chi connectivity index (χ3n) is 8.95. The van der Waals surface area contributed by atoms with E-state index in [0.29, 0.717) is 28.5 Å². The molecule has 0 aromatic heterocycles. The molecule has 2 aromatic rings. The zero-order valence-electron chi connectivity index (χ0n) is 21.2. The molecule has 4 bridgehead atoms. The lowest BCUT2D eigenvalue weighted by molar-refractivity contribution is -0.141. The van der Waals surface area contributed by atoms with Gasteiger partial charge in [-0.1, -0.05) is 25.1 Å². The zero-order chi connectivity index (χ0) is 25.4. The summed E-state index contributed by atoms with van der Waals surface area (Å²) in [5.41, 5.74) is 3.31. The monoisotopic (exact) mass is 493 g/mol. The number of methoxy groups -OCH3 is 1. The van der Waals surface area contributed by atoms with Crippen LogP contribution in [0.4, 0.5) is 4.39 Å². The van der Waals surface area contributed by atoms with Crippen LogP contribution in [0.5, 0.6) is 5.75 Å². The van der Waals surface area contributed by atoms with Crippen LogP contribution in [0.3, 0.4) is 0 Å². The van der Waals surface area contributed by atoms with Crippen molar-refractivity contribution < 1.29 is 23.8 Å². The van der Waals surface area contributed by atoms with E-state index in [1.807, 2.05) is 12.1 Å². The Morgan fingerprint density at radius 3 is 2.22 bits per heavy atom. The maximum Gasteiger partial charge on any atom is 0.306 e. The van der Waals surface area contributed by atoms with Crippen LogP contribution < -0.4 is 10.1 Å². The summed E-state index contributed by atoms with van der Waals surface area (Å²) in [4.78, 5) is 24.4. The van der Waals surface area contributed by atoms with Gasteiger partial charge in [-0.3, -0.25) is 9.59 Å². The molecule has 6 heteroatoms. The predicted molar refractivity (Wildman–Crippen MR) is 136 cm³/mol. The molecule has 0 heterocycles. The highest BCUT2D eigenvalue weighted by Gasteiger charge is 2.51. The first-order valence-corrected chi connectivity index (χ1v) is 13.3. The number of carbonyl (C=O) groups is 2. The minimum atomic E-state index is -0.902. The van der Waals surface area contributed by atoms with Crippen molar-refractivity contribution in [3.8, 4) is 5.75 Å². The number of benzene rings is 2. The summed E-state index contributed by atoms with van der Waals surface area (Å²) >= 11 is 0. The van der Waals surface area contributed by atoms with E-state index >= 15 is 0 Å². The van der Waals surface area contributed by atoms with Crippen molar-refractivity contribution in [3.63, 3.8) is 0 Å². The normalized spacial score (nSPS) is 27.0. The topological polar surface area (TPSA) is 75.6 Å². The van der Waals surface area contributed by atoms with Gasteiger partial charge >= 0.3 is 5.97 Å². The van der Waals surface area contributed by atoms with Gasteiger partial charge < -0.3 is 15.2 Å². The lowest BCUT2D eigenvalue weighted by atomic mass is 9.48. The highest BCUT2D eigenvalue weighted by Crippen LogP contribution is 2.60. The van der Waals surface area contributed by atoms with E-state index in [4.69, 9.17) is 4.74 Å². The van der Waals surface area contributed by atoms with Crippen LogP contribution >= 0.6 is 0 Å². The molecule has 0 radical (unpaired) electrons. The van der Waals surface area contributed by atoms with E-state index in [0.717, 1.165) is 17.8 Å². The quantitative estimate of drug-likeness (QED) is 0.457. The molecule has 1 amide bonds. The van der Waals surface area contributed by atoms with E-state index in [2.05, 4.69) is 17.4 Å². The molecule has 4 saturated carbocycles. The Labute approximate surface area is 212 Å². The van der Waals surface area contributed by atoms with Crippen molar-refractivity contribution in [1.29, 1.82) is 0 Å². The zero-order valence-corrected chi connectivity index (χ0v) is 21.2. The van der Waals surface area contributed by atoms with Crippen LogP contribution in [0.15, 0.2) is 36.4 Å². The van der Waals surface area contributed by atoms with Gasteiger partial charge in [0.1, 0.15) is 0 Å². The van der Waals surface area contributed by atoms with Crippen molar-refractivity contribution in [1.82, 2.24) is 5.32 Å². The average molecular weight is 494 g/mol. The number of aliphatic carboxylic acids is 1. The SMILES string of the molecule is CCC(Cc1cc(F)c(OC)c(CNC(=O)c2ccc(C34CC5CC(CC(C5)C3)C4)cc2)c1)C(=O)O. The maximum absolute atomic E-state index is 14.7. The van der Waals surface area contributed by atoms with E-state index in [1.54, 1.807) is 13.0 Å². The highest BCUT2D eigenvalue weighted by atomic mass is 19.1. The van der Waals surface area contributed by atoms with Crippen molar-refractivity contribution >= 4 is 11.9 Å². The van der Waals surface area contributed by atoms with Gasteiger partial charge in [-0.15, -0.1) is 0 Å². The number of carbonyl (C=O) groups excluding carboxylic acids is 1. The van der Waals surface area contributed by atoms with Crippen molar-refractivity contribution in [2.24, 2.45) is 23.7 Å². The molecule has 1 unspecified atom stereocenters. The Kier molecular flexibility index (Phi) is 6.80. The van der Waals surface area contributed by atoms with E-state index in [9.17, 15) is 19.1 Å². The molecule has 5 nitrogen and oxygen atoms in total.